The zero-order chi connectivity index (χ0) is 15.9. The van der Waals surface area contributed by atoms with E-state index in [4.69, 9.17) is 5.73 Å². The molecule has 112 valence electrons. The topological polar surface area (TPSA) is 97.5 Å². The maximum atomic E-state index is 12.3. The first-order chi connectivity index (χ1) is 10.4. The van der Waals surface area contributed by atoms with Crippen molar-refractivity contribution in [3.8, 4) is 0 Å². The minimum absolute atomic E-state index is 0.0647. The predicted molar refractivity (Wildman–Crippen MR) is 79.8 cm³/mol. The summed E-state index contributed by atoms with van der Waals surface area (Å²) in [5.41, 5.74) is 6.43. The lowest BCUT2D eigenvalue weighted by Crippen LogP contribution is -2.35. The maximum absolute atomic E-state index is 12.3. The number of anilines is 1. The van der Waals surface area contributed by atoms with Crippen LogP contribution < -0.4 is 5.73 Å². The van der Waals surface area contributed by atoms with Gasteiger partial charge in [0.1, 0.15) is 11.4 Å². The Morgan fingerprint density at radius 1 is 1.05 bits per heavy atom. The van der Waals surface area contributed by atoms with Gasteiger partial charge in [-0.2, -0.15) is 0 Å². The summed E-state index contributed by atoms with van der Waals surface area (Å²) in [6.07, 6.45) is 0. The van der Waals surface area contributed by atoms with Crippen molar-refractivity contribution in [2.45, 2.75) is 4.90 Å². The van der Waals surface area contributed by atoms with E-state index in [2.05, 4.69) is 0 Å². The van der Waals surface area contributed by atoms with Gasteiger partial charge in [-0.05, 0) is 36.4 Å². The van der Waals surface area contributed by atoms with Crippen LogP contribution in [0.3, 0.4) is 0 Å². The van der Waals surface area contributed by atoms with E-state index in [1.807, 2.05) is 0 Å². The number of fused-ring (bicyclic) bond motifs is 1. The third kappa shape index (κ3) is 2.15. The van der Waals surface area contributed by atoms with Gasteiger partial charge in [0.2, 0.25) is 0 Å². The lowest BCUT2D eigenvalue weighted by atomic mass is 10.1. The van der Waals surface area contributed by atoms with Gasteiger partial charge in [0.15, 0.2) is 5.78 Å². The highest BCUT2D eigenvalue weighted by Crippen LogP contribution is 2.29. The highest BCUT2D eigenvalue weighted by molar-refractivity contribution is 7.90. The number of benzene rings is 2. The molecule has 2 N–H and O–H groups in total. The first-order valence-electron chi connectivity index (χ1n) is 6.46. The molecule has 1 amide bonds. The normalized spacial score (nSPS) is 15.6. The molecule has 0 bridgehead atoms. The molecule has 0 saturated heterocycles. The fourth-order valence-electron chi connectivity index (χ4n) is 2.28. The van der Waals surface area contributed by atoms with Crippen LogP contribution in [0.2, 0.25) is 0 Å². The number of nitrogens with zero attached hydrogens (tertiary/aromatic N) is 1. The smallest absolute Gasteiger partial charge is 0.269 e. The number of nitrogen functional groups attached to an aromatic ring is 1. The second kappa shape index (κ2) is 4.96. The monoisotopic (exact) mass is 316 g/mol. The number of hydrogen-bond acceptors (Lipinski definition) is 5. The second-order valence-corrected chi connectivity index (χ2v) is 6.69. The Morgan fingerprint density at radius 2 is 1.68 bits per heavy atom. The van der Waals surface area contributed by atoms with E-state index >= 15 is 0 Å². The number of carbonyl (C=O) groups is 2. The van der Waals surface area contributed by atoms with Crippen molar-refractivity contribution in [1.82, 2.24) is 4.31 Å². The Morgan fingerprint density at radius 3 is 2.32 bits per heavy atom. The Bertz CT molecular complexity index is 873. The number of nitrogens with two attached hydrogens (primary N) is 1. The van der Waals surface area contributed by atoms with Crippen LogP contribution in [0, 0.1) is 0 Å². The van der Waals surface area contributed by atoms with Crippen molar-refractivity contribution in [3.63, 3.8) is 0 Å². The van der Waals surface area contributed by atoms with E-state index in [1.54, 1.807) is 18.2 Å². The predicted octanol–water partition coefficient (Wildman–Crippen LogP) is 1.30. The Labute approximate surface area is 127 Å². The quantitative estimate of drug-likeness (QED) is 0.680. The van der Waals surface area contributed by atoms with Gasteiger partial charge < -0.3 is 5.73 Å². The summed E-state index contributed by atoms with van der Waals surface area (Å²) in [7, 11) is -3.97. The molecular formula is C15H12N2O4S. The van der Waals surface area contributed by atoms with E-state index in [1.165, 1.54) is 30.3 Å². The molecule has 7 heteroatoms. The Hall–Kier alpha value is -2.67. The molecule has 1 heterocycles. The standard InChI is InChI=1S/C15H12N2O4S/c16-11-7-5-10(6-8-11)13(18)9-17-15(19)12-3-1-2-4-14(12)22(17,20)21/h1-8H,9,16H2. The Balaban J connectivity index is 1.92. The average molecular weight is 316 g/mol. The minimum atomic E-state index is -3.97. The number of hydrogen-bond donors (Lipinski definition) is 1. The molecule has 2 aromatic rings. The summed E-state index contributed by atoms with van der Waals surface area (Å²) in [6.45, 7) is -0.528. The molecule has 6 nitrogen and oxygen atoms in total. The number of carbonyl (C=O) groups excluding carboxylic acids is 2. The van der Waals surface area contributed by atoms with Crippen molar-refractivity contribution in [2.75, 3.05) is 12.3 Å². The third-order valence-corrected chi connectivity index (χ3v) is 5.22. The van der Waals surface area contributed by atoms with Crippen molar-refractivity contribution < 1.29 is 18.0 Å². The van der Waals surface area contributed by atoms with E-state index < -0.39 is 28.3 Å². The van der Waals surface area contributed by atoms with Gasteiger partial charge in [0.25, 0.3) is 15.9 Å². The maximum Gasteiger partial charge on any atom is 0.269 e. The number of sulfonamides is 1. The molecule has 0 radical (unpaired) electrons. The van der Waals surface area contributed by atoms with Gasteiger partial charge in [-0.25, -0.2) is 12.7 Å². The molecule has 0 fully saturated rings. The third-order valence-electron chi connectivity index (χ3n) is 3.43. The molecule has 0 aliphatic carbocycles. The van der Waals surface area contributed by atoms with E-state index in [0.29, 0.717) is 15.6 Å². The molecule has 0 atom stereocenters. The summed E-state index contributed by atoms with van der Waals surface area (Å²) in [4.78, 5) is 24.3. The molecule has 1 aliphatic heterocycles. The van der Waals surface area contributed by atoms with Crippen LogP contribution in [0.1, 0.15) is 20.7 Å². The summed E-state index contributed by atoms with van der Waals surface area (Å²) in [6, 6.07) is 12.0. The molecule has 0 unspecified atom stereocenters. The van der Waals surface area contributed by atoms with Gasteiger partial charge in [-0.15, -0.1) is 0 Å². The largest absolute Gasteiger partial charge is 0.399 e. The zero-order valence-corrected chi connectivity index (χ0v) is 12.2. The molecular weight excluding hydrogens is 304 g/mol. The summed E-state index contributed by atoms with van der Waals surface area (Å²) >= 11 is 0. The Kier molecular flexibility index (Phi) is 3.22. The van der Waals surface area contributed by atoms with Crippen LogP contribution in [-0.4, -0.2) is 31.0 Å². The van der Waals surface area contributed by atoms with Crippen LogP contribution >= 0.6 is 0 Å². The van der Waals surface area contributed by atoms with E-state index in [9.17, 15) is 18.0 Å². The molecule has 22 heavy (non-hydrogen) atoms. The second-order valence-electron chi connectivity index (χ2n) is 4.86. The first kappa shape index (κ1) is 14.3. The van der Waals surface area contributed by atoms with E-state index in [0.717, 1.165) is 0 Å². The van der Waals surface area contributed by atoms with Crippen molar-refractivity contribution in [1.29, 1.82) is 0 Å². The zero-order valence-electron chi connectivity index (χ0n) is 11.4. The molecule has 2 aromatic carbocycles. The van der Waals surface area contributed by atoms with Crippen molar-refractivity contribution in [2.24, 2.45) is 0 Å². The SMILES string of the molecule is Nc1ccc(C(=O)CN2C(=O)c3ccccc3S2(=O)=O)cc1. The first-order valence-corrected chi connectivity index (χ1v) is 7.90. The van der Waals surface area contributed by atoms with Gasteiger partial charge >= 0.3 is 0 Å². The highest BCUT2D eigenvalue weighted by atomic mass is 32.2. The fraction of sp³-hybridized carbons (Fsp3) is 0.0667. The number of amides is 1. The van der Waals surface area contributed by atoms with Crippen molar-refractivity contribution >= 4 is 27.4 Å². The van der Waals surface area contributed by atoms with Crippen molar-refractivity contribution in [3.05, 3.63) is 59.7 Å². The minimum Gasteiger partial charge on any atom is -0.399 e. The van der Waals surface area contributed by atoms with E-state index in [-0.39, 0.29) is 10.5 Å². The summed E-state index contributed by atoms with van der Waals surface area (Å²) < 4.78 is 25.3. The molecule has 0 aromatic heterocycles. The van der Waals surface area contributed by atoms with Gasteiger partial charge in [-0.3, -0.25) is 9.59 Å². The van der Waals surface area contributed by atoms with Crippen LogP contribution in [-0.2, 0) is 10.0 Å². The van der Waals surface area contributed by atoms with Crippen LogP contribution in [0.4, 0.5) is 5.69 Å². The molecule has 3 rings (SSSR count). The van der Waals surface area contributed by atoms with Gasteiger partial charge in [0, 0.05) is 11.3 Å². The molecule has 1 aliphatic rings. The number of Topliss-reactive ketones (excluding diaryl/α,β-unsaturated/α-hetero) is 1. The number of ketones is 1. The molecule has 0 spiro atoms. The van der Waals surface area contributed by atoms with Crippen LogP contribution in [0.5, 0.6) is 0 Å². The van der Waals surface area contributed by atoms with Gasteiger partial charge in [0.05, 0.1) is 5.56 Å². The highest BCUT2D eigenvalue weighted by Gasteiger charge is 2.41. The summed E-state index contributed by atoms with van der Waals surface area (Å²) in [5, 5.41) is 0. The lowest BCUT2D eigenvalue weighted by Gasteiger charge is -2.14. The fourth-order valence-corrected chi connectivity index (χ4v) is 3.80. The van der Waals surface area contributed by atoms with Crippen LogP contribution in [0.15, 0.2) is 53.4 Å². The molecule has 0 saturated carbocycles. The van der Waals surface area contributed by atoms with Crippen LogP contribution in [0.25, 0.3) is 0 Å². The average Bonchev–Trinajstić information content (AvgIpc) is 2.69. The summed E-state index contributed by atoms with van der Waals surface area (Å²) in [5.74, 6) is -1.15. The number of rotatable bonds is 3. The van der Waals surface area contributed by atoms with Gasteiger partial charge in [-0.1, -0.05) is 12.1 Å². The lowest BCUT2D eigenvalue weighted by molar-refractivity contribution is 0.0820.